The number of rotatable bonds is 7. The van der Waals surface area contributed by atoms with Gasteiger partial charge in [-0.1, -0.05) is 23.7 Å². The Balaban J connectivity index is 0.763. The van der Waals surface area contributed by atoms with Crippen LogP contribution >= 0.6 is 22.9 Å². The highest BCUT2D eigenvalue weighted by Crippen LogP contribution is 2.44. The number of hydrogen-bond acceptors (Lipinski definition) is 11. The molecule has 11 rings (SSSR count). The molecule has 9 heterocycles. The highest BCUT2D eigenvalue weighted by molar-refractivity contribution is 7.14. The van der Waals surface area contributed by atoms with E-state index in [4.69, 9.17) is 11.6 Å². The van der Waals surface area contributed by atoms with E-state index in [0.717, 1.165) is 84.8 Å². The number of anilines is 1. The average molecular weight is 836 g/mol. The number of imide groups is 2. The number of fused-ring (bicyclic) bond motifs is 6. The molecule has 2 bridgehead atoms. The number of nitrogens with zero attached hydrogens (tertiary/aromatic N) is 7. The van der Waals surface area contributed by atoms with Gasteiger partial charge in [-0.15, -0.1) is 21.5 Å². The maximum Gasteiger partial charge on any atom is 0.262 e. The standard InChI is InChI=1S/C43H46ClN9O5S/c1-22-23(2)59-43-37(22)38(26-4-6-27(44)7-5-26)45-33(39-48-47-24(3)51(39)43)18-36(55)50-14-12-25(13-15-50)19-49-20-29-16-30(21-49)52(29)28-8-9-31-32(17-28)42(58)53(41(31)57)34-10-11-35(54)46-40(34)56/h4-9,17,25,29-30,33-34,38,45H,10-16,18-21H2,1-3H3,(H,46,54,56)/t29?,30?,33?,34?,38-/m0/s1. The number of amides is 5. The fraction of sp³-hybridized carbons (Fsp3) is 0.465. The first-order chi connectivity index (χ1) is 28.4. The second-order valence-electron chi connectivity index (χ2n) is 17.0. The second kappa shape index (κ2) is 14.6. The number of thiophene rings is 1. The fourth-order valence-electron chi connectivity index (χ4n) is 10.3. The minimum Gasteiger partial charge on any atom is -0.363 e. The molecule has 4 aromatic rings. The van der Waals surface area contributed by atoms with Gasteiger partial charge in [0.25, 0.3) is 11.8 Å². The highest BCUT2D eigenvalue weighted by Gasteiger charge is 2.48. The van der Waals surface area contributed by atoms with Crippen LogP contribution in [0.25, 0.3) is 5.00 Å². The smallest absolute Gasteiger partial charge is 0.262 e. The molecule has 7 aliphatic rings. The number of nitrogens with one attached hydrogen (secondary N) is 2. The zero-order valence-corrected chi connectivity index (χ0v) is 34.8. The second-order valence-corrected chi connectivity index (χ2v) is 18.7. The van der Waals surface area contributed by atoms with Gasteiger partial charge >= 0.3 is 0 Å². The lowest BCUT2D eigenvalue weighted by molar-refractivity contribution is -0.136. The van der Waals surface area contributed by atoms with Gasteiger partial charge in [0.1, 0.15) is 16.9 Å². The average Bonchev–Trinajstić information content (AvgIpc) is 3.79. The van der Waals surface area contributed by atoms with Gasteiger partial charge in [-0.2, -0.15) is 0 Å². The van der Waals surface area contributed by atoms with E-state index in [1.54, 1.807) is 23.5 Å². The summed E-state index contributed by atoms with van der Waals surface area (Å²) in [6.07, 6.45) is 3.47. The monoisotopic (exact) mass is 835 g/mol. The van der Waals surface area contributed by atoms with E-state index in [9.17, 15) is 24.0 Å². The summed E-state index contributed by atoms with van der Waals surface area (Å²) in [5.41, 5.74) is 5.03. The molecule has 16 heteroatoms. The highest BCUT2D eigenvalue weighted by atomic mass is 35.5. The van der Waals surface area contributed by atoms with Crippen LogP contribution in [0.2, 0.25) is 5.02 Å². The van der Waals surface area contributed by atoms with Crippen LogP contribution < -0.4 is 15.5 Å². The zero-order chi connectivity index (χ0) is 40.9. The van der Waals surface area contributed by atoms with Crippen molar-refractivity contribution in [3.8, 4) is 5.00 Å². The molecule has 2 aromatic carbocycles. The molecule has 14 nitrogen and oxygen atoms in total. The van der Waals surface area contributed by atoms with E-state index in [1.165, 1.54) is 16.0 Å². The molecule has 0 aliphatic carbocycles. The number of piperazine rings is 1. The molecular formula is C43H46ClN9O5S. The molecule has 0 spiro atoms. The summed E-state index contributed by atoms with van der Waals surface area (Å²) in [4.78, 5) is 74.2. The zero-order valence-electron chi connectivity index (χ0n) is 33.2. The first-order valence-corrected chi connectivity index (χ1v) is 21.8. The van der Waals surface area contributed by atoms with Gasteiger partial charge in [0.15, 0.2) is 5.82 Å². The Labute approximate surface area is 350 Å². The number of hydrogen-bond donors (Lipinski definition) is 2. The Morgan fingerprint density at radius 2 is 1.64 bits per heavy atom. The van der Waals surface area contributed by atoms with Crippen molar-refractivity contribution < 1.29 is 24.0 Å². The van der Waals surface area contributed by atoms with Gasteiger partial charge < -0.3 is 9.80 Å². The first kappa shape index (κ1) is 38.3. The number of carbonyl (C=O) groups is 5. The summed E-state index contributed by atoms with van der Waals surface area (Å²) in [5, 5.41) is 17.0. The van der Waals surface area contributed by atoms with Crippen molar-refractivity contribution in [2.24, 2.45) is 5.92 Å². The predicted molar refractivity (Wildman–Crippen MR) is 221 cm³/mol. The SMILES string of the molecule is Cc1sc2c(c1C)[C@H](c1ccc(Cl)cc1)NC(CC(=O)N1CCC(CN3CC4CC(C3)N4c3ccc4c(c3)C(=O)N(C3CCC(=O)NC3=O)C4=O)CC1)c1nnc(C)n1-2. The molecule has 2 N–H and O–H groups in total. The minimum absolute atomic E-state index is 0.0902. The Morgan fingerprint density at radius 1 is 0.915 bits per heavy atom. The van der Waals surface area contributed by atoms with Crippen molar-refractivity contribution in [3.63, 3.8) is 0 Å². The van der Waals surface area contributed by atoms with Crippen molar-refractivity contribution >= 4 is 58.2 Å². The number of halogens is 1. The normalized spacial score (nSPS) is 25.7. The van der Waals surface area contributed by atoms with Crippen LogP contribution in [0.5, 0.6) is 0 Å². The van der Waals surface area contributed by atoms with E-state index in [2.05, 4.69) is 61.2 Å². The molecule has 4 unspecified atom stereocenters. The molecule has 5 saturated heterocycles. The number of benzene rings is 2. The van der Waals surface area contributed by atoms with Crippen LogP contribution in [-0.4, -0.2) is 110 Å². The molecule has 0 radical (unpaired) electrons. The number of aryl methyl sites for hydroxylation is 2. The summed E-state index contributed by atoms with van der Waals surface area (Å²) in [7, 11) is 0. The molecule has 2 aromatic heterocycles. The van der Waals surface area contributed by atoms with E-state index < -0.39 is 29.7 Å². The summed E-state index contributed by atoms with van der Waals surface area (Å²) in [5.74, 6) is 0.205. The lowest BCUT2D eigenvalue weighted by Crippen LogP contribution is -2.69. The maximum absolute atomic E-state index is 14.1. The Hall–Kier alpha value is -4.96. The van der Waals surface area contributed by atoms with Gasteiger partial charge in [-0.25, -0.2) is 0 Å². The molecule has 5 fully saturated rings. The Kier molecular flexibility index (Phi) is 9.49. The Morgan fingerprint density at radius 3 is 2.37 bits per heavy atom. The van der Waals surface area contributed by atoms with Crippen molar-refractivity contribution in [2.45, 2.75) is 89.5 Å². The number of aromatic nitrogens is 3. The third kappa shape index (κ3) is 6.48. The van der Waals surface area contributed by atoms with E-state index in [0.29, 0.717) is 34.2 Å². The summed E-state index contributed by atoms with van der Waals surface area (Å²) >= 11 is 8.04. The summed E-state index contributed by atoms with van der Waals surface area (Å²) in [6, 6.07) is 12.5. The lowest BCUT2D eigenvalue weighted by atomic mass is 9.85. The van der Waals surface area contributed by atoms with Crippen LogP contribution in [0.3, 0.4) is 0 Å². The van der Waals surface area contributed by atoms with Crippen molar-refractivity contribution in [1.29, 1.82) is 0 Å². The van der Waals surface area contributed by atoms with Crippen LogP contribution in [0, 0.1) is 26.7 Å². The van der Waals surface area contributed by atoms with Gasteiger partial charge in [-0.3, -0.25) is 49.0 Å². The maximum atomic E-state index is 14.1. The van der Waals surface area contributed by atoms with Crippen LogP contribution in [-0.2, 0) is 14.4 Å². The fourth-order valence-corrected chi connectivity index (χ4v) is 11.7. The Bertz CT molecular complexity index is 2410. The molecule has 306 valence electrons. The van der Waals surface area contributed by atoms with Crippen LogP contribution in [0.1, 0.15) is 105 Å². The molecule has 0 saturated carbocycles. The first-order valence-electron chi connectivity index (χ1n) is 20.6. The number of carbonyl (C=O) groups excluding carboxylic acids is 5. The van der Waals surface area contributed by atoms with Gasteiger partial charge in [-0.05, 0) is 93.8 Å². The largest absolute Gasteiger partial charge is 0.363 e. The van der Waals surface area contributed by atoms with Gasteiger partial charge in [0, 0.05) is 78.8 Å². The number of piperidine rings is 3. The van der Waals surface area contributed by atoms with E-state index in [-0.39, 0.29) is 37.3 Å². The molecular weight excluding hydrogens is 790 g/mol. The van der Waals surface area contributed by atoms with Crippen molar-refractivity contribution in [3.05, 3.63) is 91.8 Å². The molecule has 5 atom stereocenters. The van der Waals surface area contributed by atoms with Crippen molar-refractivity contribution in [2.75, 3.05) is 37.6 Å². The topological polar surface area (TPSA) is 153 Å². The lowest BCUT2D eigenvalue weighted by Gasteiger charge is -2.58. The van der Waals surface area contributed by atoms with Gasteiger partial charge in [0.2, 0.25) is 17.7 Å². The molecule has 7 aliphatic heterocycles. The minimum atomic E-state index is -0.978. The summed E-state index contributed by atoms with van der Waals surface area (Å²) in [6.45, 7) is 10.5. The molecule has 5 amide bonds. The van der Waals surface area contributed by atoms with E-state index >= 15 is 0 Å². The quantitative estimate of drug-likeness (QED) is 0.252. The predicted octanol–water partition coefficient (Wildman–Crippen LogP) is 4.63. The number of likely N-dealkylation sites (tertiary alicyclic amines) is 1. The van der Waals surface area contributed by atoms with E-state index in [1.807, 2.05) is 30.0 Å². The van der Waals surface area contributed by atoms with Crippen LogP contribution in [0.4, 0.5) is 5.69 Å². The third-order valence-corrected chi connectivity index (χ3v) is 14.9. The van der Waals surface area contributed by atoms with Crippen molar-refractivity contribution in [1.82, 2.24) is 40.1 Å². The third-order valence-electron chi connectivity index (χ3n) is 13.5. The summed E-state index contributed by atoms with van der Waals surface area (Å²) < 4.78 is 2.14. The van der Waals surface area contributed by atoms with Crippen LogP contribution in [0.15, 0.2) is 42.5 Å². The van der Waals surface area contributed by atoms with Gasteiger partial charge in [0.05, 0.1) is 23.2 Å². The molecule has 59 heavy (non-hydrogen) atoms.